The fourth-order valence-electron chi connectivity index (χ4n) is 1.52. The van der Waals surface area contributed by atoms with Crippen molar-refractivity contribution in [3.8, 4) is 0 Å². The number of hydrogen-bond acceptors (Lipinski definition) is 2. The van der Waals surface area contributed by atoms with Gasteiger partial charge in [0.25, 0.3) is 0 Å². The summed E-state index contributed by atoms with van der Waals surface area (Å²) in [5.74, 6) is 0.580. The fraction of sp³-hybridized carbons (Fsp3) is 0.583. The van der Waals surface area contributed by atoms with Crippen LogP contribution in [0.1, 0.15) is 37.9 Å². The minimum Gasteiger partial charge on any atom is -0.380 e. The Bertz CT molecular complexity index is 306. The maximum Gasteiger partial charge on any atom is 0.0557 e. The van der Waals surface area contributed by atoms with Gasteiger partial charge in [-0.3, -0.25) is 4.98 Å². The van der Waals surface area contributed by atoms with Crippen molar-refractivity contribution < 1.29 is 4.74 Å². The lowest BCUT2D eigenvalue weighted by atomic mass is 9.90. The summed E-state index contributed by atoms with van der Waals surface area (Å²) in [7, 11) is 0. The fourth-order valence-corrected chi connectivity index (χ4v) is 1.52. The van der Waals surface area contributed by atoms with Crippen LogP contribution in [0.25, 0.3) is 0 Å². The van der Waals surface area contributed by atoms with E-state index in [4.69, 9.17) is 4.74 Å². The van der Waals surface area contributed by atoms with E-state index in [0.29, 0.717) is 5.92 Å². The molecule has 2 heteroatoms. The second-order valence-electron chi connectivity index (χ2n) is 4.96. The molecule has 0 radical (unpaired) electrons. The number of hydrogen-bond donors (Lipinski definition) is 0. The third-order valence-corrected chi connectivity index (χ3v) is 2.66. The molecule has 0 N–H and O–H groups in total. The minimum absolute atomic E-state index is 0.147. The van der Waals surface area contributed by atoms with Gasteiger partial charge in [-0.15, -0.1) is 0 Å². The van der Waals surface area contributed by atoms with E-state index in [1.165, 1.54) is 5.56 Å². The summed E-state index contributed by atoms with van der Waals surface area (Å²) in [6.07, 6.45) is 1.99. The number of ether oxygens (including phenoxy) is 1. The largest absolute Gasteiger partial charge is 0.380 e. The van der Waals surface area contributed by atoms with Crippen LogP contribution in [-0.4, -0.2) is 18.2 Å². The van der Waals surface area contributed by atoms with Crippen LogP contribution in [0.2, 0.25) is 0 Å². The minimum atomic E-state index is 0.147. The van der Waals surface area contributed by atoms with Gasteiger partial charge in [0.1, 0.15) is 0 Å². The Morgan fingerprint density at radius 1 is 1.29 bits per heavy atom. The second-order valence-corrected chi connectivity index (χ2v) is 4.96. The van der Waals surface area contributed by atoms with E-state index in [9.17, 15) is 0 Å². The molecule has 1 saturated heterocycles. The summed E-state index contributed by atoms with van der Waals surface area (Å²) in [4.78, 5) is 4.50. The van der Waals surface area contributed by atoms with Crippen LogP contribution >= 0.6 is 0 Å². The van der Waals surface area contributed by atoms with Crippen molar-refractivity contribution in [2.24, 2.45) is 0 Å². The zero-order valence-corrected chi connectivity index (χ0v) is 9.08. The maximum atomic E-state index is 5.16. The predicted octanol–water partition coefficient (Wildman–Crippen LogP) is 2.49. The molecule has 0 unspecified atom stereocenters. The van der Waals surface area contributed by atoms with Gasteiger partial charge >= 0.3 is 0 Å². The summed E-state index contributed by atoms with van der Waals surface area (Å²) in [5, 5.41) is 0. The maximum absolute atomic E-state index is 5.16. The van der Waals surface area contributed by atoms with Crippen molar-refractivity contribution in [2.45, 2.75) is 32.1 Å². The van der Waals surface area contributed by atoms with E-state index in [0.717, 1.165) is 18.9 Å². The molecule has 0 amide bonds. The average molecular weight is 191 g/mol. The van der Waals surface area contributed by atoms with E-state index >= 15 is 0 Å². The van der Waals surface area contributed by atoms with Gasteiger partial charge in [-0.05, 0) is 11.6 Å². The molecule has 1 aliphatic heterocycles. The summed E-state index contributed by atoms with van der Waals surface area (Å²) >= 11 is 0. The molecule has 0 bridgehead atoms. The van der Waals surface area contributed by atoms with E-state index in [1.54, 1.807) is 0 Å². The van der Waals surface area contributed by atoms with Crippen molar-refractivity contribution >= 4 is 0 Å². The molecule has 1 aromatic heterocycles. The Labute approximate surface area is 85.3 Å². The molecule has 0 spiro atoms. The molecule has 2 rings (SSSR count). The monoisotopic (exact) mass is 191 g/mol. The van der Waals surface area contributed by atoms with Crippen LogP contribution in [0, 0.1) is 0 Å². The van der Waals surface area contributed by atoms with Gasteiger partial charge in [-0.2, -0.15) is 0 Å². The molecular formula is C12H17NO. The summed E-state index contributed by atoms with van der Waals surface area (Å²) in [5.41, 5.74) is 2.61. The van der Waals surface area contributed by atoms with Gasteiger partial charge in [0.05, 0.1) is 13.2 Å². The van der Waals surface area contributed by atoms with Crippen molar-refractivity contribution in [3.63, 3.8) is 0 Å². The topological polar surface area (TPSA) is 22.1 Å². The number of aromatic nitrogens is 1. The zero-order valence-electron chi connectivity index (χ0n) is 9.08. The smallest absolute Gasteiger partial charge is 0.0557 e. The van der Waals surface area contributed by atoms with Gasteiger partial charge in [0, 0.05) is 23.2 Å². The van der Waals surface area contributed by atoms with Crippen molar-refractivity contribution in [1.82, 2.24) is 4.98 Å². The lowest BCUT2D eigenvalue weighted by molar-refractivity contribution is 0.00827. The van der Waals surface area contributed by atoms with Crippen LogP contribution < -0.4 is 0 Å². The van der Waals surface area contributed by atoms with E-state index in [-0.39, 0.29) is 5.41 Å². The molecule has 2 heterocycles. The Hall–Kier alpha value is -0.890. The van der Waals surface area contributed by atoms with Gasteiger partial charge in [0.2, 0.25) is 0 Å². The molecule has 0 atom stereocenters. The highest BCUT2D eigenvalue weighted by Crippen LogP contribution is 2.25. The molecule has 14 heavy (non-hydrogen) atoms. The van der Waals surface area contributed by atoms with E-state index in [1.807, 2.05) is 6.20 Å². The van der Waals surface area contributed by atoms with Crippen molar-refractivity contribution in [1.29, 1.82) is 0 Å². The molecule has 1 fully saturated rings. The van der Waals surface area contributed by atoms with Crippen LogP contribution in [0.3, 0.4) is 0 Å². The molecule has 1 aliphatic rings. The third kappa shape index (κ3) is 1.80. The van der Waals surface area contributed by atoms with Gasteiger partial charge in [-0.25, -0.2) is 0 Å². The number of pyridine rings is 1. The van der Waals surface area contributed by atoms with Gasteiger partial charge in [0.15, 0.2) is 0 Å². The first-order valence-electron chi connectivity index (χ1n) is 5.11. The summed E-state index contributed by atoms with van der Waals surface area (Å²) in [6.45, 7) is 8.26. The quantitative estimate of drug-likeness (QED) is 0.680. The van der Waals surface area contributed by atoms with Crippen LogP contribution in [0.15, 0.2) is 18.3 Å². The lowest BCUT2D eigenvalue weighted by Gasteiger charge is -2.26. The third-order valence-electron chi connectivity index (χ3n) is 2.66. The molecule has 1 aromatic rings. The standard InChI is InChI=1S/C12H17NO/c1-12(2,3)11-5-4-9(6-13-11)10-7-14-8-10/h4-6,10H,7-8H2,1-3H3. The SMILES string of the molecule is CC(C)(C)c1ccc(C2COC2)cn1. The predicted molar refractivity (Wildman–Crippen MR) is 56.5 cm³/mol. The van der Waals surface area contributed by atoms with Crippen LogP contribution in [0.5, 0.6) is 0 Å². The number of rotatable bonds is 1. The van der Waals surface area contributed by atoms with Crippen LogP contribution in [-0.2, 0) is 10.2 Å². The normalized spacial score (nSPS) is 17.9. The average Bonchev–Trinajstić information content (AvgIpc) is 2.00. The van der Waals surface area contributed by atoms with Crippen molar-refractivity contribution in [3.05, 3.63) is 29.6 Å². The van der Waals surface area contributed by atoms with E-state index in [2.05, 4.69) is 37.9 Å². The molecular weight excluding hydrogens is 174 g/mol. The first kappa shape index (κ1) is 9.66. The zero-order chi connectivity index (χ0) is 10.2. The highest BCUT2D eigenvalue weighted by molar-refractivity contribution is 5.23. The summed E-state index contributed by atoms with van der Waals surface area (Å²) in [6, 6.07) is 4.31. The Kier molecular flexibility index (Phi) is 2.31. The molecule has 76 valence electrons. The van der Waals surface area contributed by atoms with E-state index < -0.39 is 0 Å². The highest BCUT2D eigenvalue weighted by atomic mass is 16.5. The molecule has 0 aromatic carbocycles. The Balaban J connectivity index is 2.17. The Morgan fingerprint density at radius 3 is 2.36 bits per heavy atom. The van der Waals surface area contributed by atoms with Crippen molar-refractivity contribution in [2.75, 3.05) is 13.2 Å². The van der Waals surface area contributed by atoms with Gasteiger partial charge in [-0.1, -0.05) is 26.8 Å². The molecule has 0 aliphatic carbocycles. The second kappa shape index (κ2) is 3.35. The van der Waals surface area contributed by atoms with Crippen LogP contribution in [0.4, 0.5) is 0 Å². The lowest BCUT2D eigenvalue weighted by Crippen LogP contribution is -2.25. The first-order valence-corrected chi connectivity index (χ1v) is 5.11. The molecule has 2 nitrogen and oxygen atoms in total. The summed E-state index contributed by atoms with van der Waals surface area (Å²) < 4.78 is 5.16. The highest BCUT2D eigenvalue weighted by Gasteiger charge is 2.21. The Morgan fingerprint density at radius 2 is 2.00 bits per heavy atom. The molecule has 0 saturated carbocycles. The van der Waals surface area contributed by atoms with Gasteiger partial charge < -0.3 is 4.74 Å². The number of nitrogens with zero attached hydrogens (tertiary/aromatic N) is 1. The first-order chi connectivity index (χ1) is 6.57.